The molecule has 2 unspecified atom stereocenters. The fourth-order valence-corrected chi connectivity index (χ4v) is 6.10. The molecule has 2 amide bonds. The molecule has 0 saturated carbocycles. The van der Waals surface area contributed by atoms with Crippen molar-refractivity contribution in [1.82, 2.24) is 15.1 Å². The first-order valence-corrected chi connectivity index (χ1v) is 13.1. The molecule has 3 saturated heterocycles. The van der Waals surface area contributed by atoms with E-state index in [2.05, 4.69) is 10.2 Å². The molecular weight excluding hydrogens is 429 g/mol. The molecule has 8 heteroatoms. The number of nitrogens with one attached hydrogen (secondary N) is 1. The second kappa shape index (κ2) is 8.15. The van der Waals surface area contributed by atoms with E-state index in [0.717, 1.165) is 49.2 Å². The van der Waals surface area contributed by atoms with Gasteiger partial charge in [-0.05, 0) is 79.2 Å². The van der Waals surface area contributed by atoms with Crippen LogP contribution in [0.2, 0.25) is 0 Å². The number of urea groups is 1. The van der Waals surface area contributed by atoms with Gasteiger partial charge in [-0.25, -0.2) is 17.6 Å². The van der Waals surface area contributed by atoms with Crippen molar-refractivity contribution in [2.24, 2.45) is 5.92 Å². The summed E-state index contributed by atoms with van der Waals surface area (Å²) in [4.78, 5) is 17.9. The first kappa shape index (κ1) is 21.4. The lowest BCUT2D eigenvalue weighted by molar-refractivity contribution is 0.0715. The number of carbonyl (C=O) groups is 1. The smallest absolute Gasteiger partial charge is 0.318 e. The molecule has 6 nitrogen and oxygen atoms in total. The number of amides is 2. The number of hydrogen-bond donors (Lipinski definition) is 1. The third-order valence-electron chi connectivity index (χ3n) is 7.18. The minimum atomic E-state index is -3.33. The molecule has 0 spiro atoms. The second-order valence-electron chi connectivity index (χ2n) is 9.22. The van der Waals surface area contributed by atoms with E-state index in [0.29, 0.717) is 18.9 Å². The zero-order valence-electron chi connectivity index (χ0n) is 18.1. The number of sulfone groups is 1. The number of fused-ring (bicyclic) bond motifs is 4. The molecule has 0 aromatic heterocycles. The first-order chi connectivity index (χ1) is 15.3. The Bertz CT molecular complexity index is 1130. The lowest BCUT2D eigenvalue weighted by Gasteiger charge is -2.46. The number of benzene rings is 2. The Morgan fingerprint density at radius 1 is 1.06 bits per heavy atom. The zero-order chi connectivity index (χ0) is 22.5. The van der Waals surface area contributed by atoms with Crippen LogP contribution in [0.4, 0.5) is 9.18 Å². The third-order valence-corrected chi connectivity index (χ3v) is 8.29. The minimum Gasteiger partial charge on any atom is -0.334 e. The van der Waals surface area contributed by atoms with Gasteiger partial charge in [0, 0.05) is 25.4 Å². The van der Waals surface area contributed by atoms with Gasteiger partial charge in [0.2, 0.25) is 0 Å². The van der Waals surface area contributed by atoms with Crippen LogP contribution in [0.5, 0.6) is 0 Å². The van der Waals surface area contributed by atoms with E-state index in [1.165, 1.54) is 18.4 Å². The Kier molecular flexibility index (Phi) is 5.45. The second-order valence-corrected chi connectivity index (χ2v) is 11.2. The number of hydrogen-bond acceptors (Lipinski definition) is 4. The van der Waals surface area contributed by atoms with Crippen LogP contribution in [0.3, 0.4) is 0 Å². The maximum atomic E-state index is 13.6. The quantitative estimate of drug-likeness (QED) is 0.770. The van der Waals surface area contributed by atoms with Gasteiger partial charge in [0.15, 0.2) is 9.84 Å². The highest BCUT2D eigenvalue weighted by molar-refractivity contribution is 7.90. The Balaban J connectivity index is 1.48. The molecule has 4 aliphatic heterocycles. The highest BCUT2D eigenvalue weighted by Gasteiger charge is 2.38. The van der Waals surface area contributed by atoms with E-state index in [1.54, 1.807) is 30.3 Å². The molecule has 3 fully saturated rings. The predicted molar refractivity (Wildman–Crippen MR) is 120 cm³/mol. The summed E-state index contributed by atoms with van der Waals surface area (Å²) in [5.74, 6) is 0.183. The van der Waals surface area contributed by atoms with Crippen LogP contribution in [0.15, 0.2) is 47.4 Å². The molecule has 32 heavy (non-hydrogen) atoms. The summed E-state index contributed by atoms with van der Waals surface area (Å²) in [5, 5.41) is 3.27. The fourth-order valence-electron chi connectivity index (χ4n) is 5.43. The molecule has 4 heterocycles. The van der Waals surface area contributed by atoms with Crippen LogP contribution >= 0.6 is 0 Å². The molecule has 6 rings (SSSR count). The Morgan fingerprint density at radius 3 is 2.41 bits per heavy atom. The summed E-state index contributed by atoms with van der Waals surface area (Å²) in [7, 11) is -3.33. The number of piperidine rings is 3. The number of nitrogens with zero attached hydrogens (tertiary/aromatic N) is 2. The average Bonchev–Trinajstić information content (AvgIpc) is 2.79. The van der Waals surface area contributed by atoms with E-state index in [4.69, 9.17) is 0 Å². The van der Waals surface area contributed by atoms with Crippen LogP contribution in [0.25, 0.3) is 0 Å². The van der Waals surface area contributed by atoms with Crippen molar-refractivity contribution in [2.75, 3.05) is 32.4 Å². The summed E-state index contributed by atoms with van der Waals surface area (Å²) in [5.41, 5.74) is 2.61. The van der Waals surface area contributed by atoms with Crippen molar-refractivity contribution in [3.05, 3.63) is 65.0 Å². The van der Waals surface area contributed by atoms with Gasteiger partial charge in [0.25, 0.3) is 0 Å². The summed E-state index contributed by atoms with van der Waals surface area (Å²) < 4.78 is 37.7. The van der Waals surface area contributed by atoms with Gasteiger partial charge >= 0.3 is 6.03 Å². The van der Waals surface area contributed by atoms with Crippen LogP contribution < -0.4 is 5.32 Å². The van der Waals surface area contributed by atoms with E-state index in [9.17, 15) is 17.6 Å². The van der Waals surface area contributed by atoms with E-state index < -0.39 is 15.9 Å². The van der Waals surface area contributed by atoms with Crippen molar-refractivity contribution in [3.8, 4) is 0 Å². The van der Waals surface area contributed by atoms with Crippen molar-refractivity contribution in [2.45, 2.75) is 36.2 Å². The first-order valence-electron chi connectivity index (χ1n) is 11.2. The van der Waals surface area contributed by atoms with Crippen LogP contribution in [-0.2, 0) is 16.3 Å². The highest BCUT2D eigenvalue weighted by atomic mass is 32.2. The maximum absolute atomic E-state index is 13.6. The van der Waals surface area contributed by atoms with Crippen LogP contribution in [0, 0.1) is 11.7 Å². The molecular formula is C24H28FN3O3S. The minimum absolute atomic E-state index is 0.115. The number of rotatable bonds is 3. The average molecular weight is 458 g/mol. The monoisotopic (exact) mass is 457 g/mol. The largest absolute Gasteiger partial charge is 0.334 e. The van der Waals surface area contributed by atoms with Gasteiger partial charge in [-0.2, -0.15) is 0 Å². The summed E-state index contributed by atoms with van der Waals surface area (Å²) in [6.07, 6.45) is 4.00. The molecule has 1 N–H and O–H groups in total. The van der Waals surface area contributed by atoms with Crippen molar-refractivity contribution >= 4 is 15.9 Å². The van der Waals surface area contributed by atoms with Gasteiger partial charge in [-0.15, -0.1) is 0 Å². The van der Waals surface area contributed by atoms with Gasteiger partial charge in [-0.1, -0.05) is 18.2 Å². The molecule has 0 aliphatic carbocycles. The number of carbonyl (C=O) groups excluding carboxylic acids is 1. The molecule has 2 aromatic carbocycles. The Hall–Kier alpha value is -2.45. The summed E-state index contributed by atoms with van der Waals surface area (Å²) in [6, 6.07) is 11.0. The van der Waals surface area contributed by atoms with Gasteiger partial charge < -0.3 is 15.1 Å². The van der Waals surface area contributed by atoms with E-state index in [1.807, 2.05) is 4.90 Å². The third kappa shape index (κ3) is 4.01. The number of halogens is 1. The van der Waals surface area contributed by atoms with E-state index >= 15 is 0 Å². The van der Waals surface area contributed by atoms with E-state index in [-0.39, 0.29) is 22.8 Å². The lowest BCUT2D eigenvalue weighted by Crippen LogP contribution is -2.59. The van der Waals surface area contributed by atoms with Crippen LogP contribution in [-0.4, -0.2) is 62.7 Å². The topological polar surface area (TPSA) is 69.7 Å². The molecule has 4 aliphatic rings. The lowest BCUT2D eigenvalue weighted by atomic mass is 9.84. The van der Waals surface area contributed by atoms with Gasteiger partial charge in [0.05, 0.1) is 10.9 Å². The highest BCUT2D eigenvalue weighted by Crippen LogP contribution is 2.37. The fraction of sp³-hybridized carbons (Fsp3) is 0.458. The molecule has 170 valence electrons. The molecule has 0 radical (unpaired) electrons. The maximum Gasteiger partial charge on any atom is 0.318 e. The Labute approximate surface area is 188 Å². The molecule has 2 atom stereocenters. The van der Waals surface area contributed by atoms with Crippen molar-refractivity contribution < 1.29 is 17.6 Å². The van der Waals surface area contributed by atoms with Crippen molar-refractivity contribution in [3.63, 3.8) is 0 Å². The standard InChI is InChI=1S/C24H28FN3O3S/c1-32(30,31)20-6-7-21-18(14-20)10-13-28(23(21)17-2-4-19(25)5-3-17)24(29)26-22-15-27-11-8-16(22)9-12-27/h2-7,14,16,22-23H,8-13,15H2,1H3,(H,26,29). The Morgan fingerprint density at radius 2 is 1.78 bits per heavy atom. The normalized spacial score (nSPS) is 27.1. The predicted octanol–water partition coefficient (Wildman–Crippen LogP) is 2.98. The molecule has 2 bridgehead atoms. The van der Waals surface area contributed by atoms with Gasteiger partial charge in [0.1, 0.15) is 5.82 Å². The summed E-state index contributed by atoms with van der Waals surface area (Å²) in [6.45, 7) is 3.57. The van der Waals surface area contributed by atoms with Crippen molar-refractivity contribution in [1.29, 1.82) is 0 Å². The zero-order valence-corrected chi connectivity index (χ0v) is 18.9. The summed E-state index contributed by atoms with van der Waals surface area (Å²) >= 11 is 0. The van der Waals surface area contributed by atoms with Gasteiger partial charge in [-0.3, -0.25) is 0 Å². The van der Waals surface area contributed by atoms with Crippen LogP contribution in [0.1, 0.15) is 35.6 Å². The molecule has 2 aromatic rings. The SMILES string of the molecule is CS(=O)(=O)c1ccc2c(c1)CCN(C(=O)NC1CN3CCC1CC3)C2c1ccc(F)cc1.